The largest absolute Gasteiger partial charge is 0.457 e. The quantitative estimate of drug-likeness (QED) is 0.511. The van der Waals surface area contributed by atoms with E-state index in [1.54, 1.807) is 6.07 Å². The molecule has 1 amide bonds. The van der Waals surface area contributed by atoms with Crippen LogP contribution in [-0.4, -0.2) is 28.8 Å². The summed E-state index contributed by atoms with van der Waals surface area (Å²) in [6, 6.07) is 4.10. The van der Waals surface area contributed by atoms with Gasteiger partial charge < -0.3 is 5.32 Å². The fourth-order valence-electron chi connectivity index (χ4n) is 1.20. The Morgan fingerprint density at radius 2 is 1.74 bits per heavy atom. The SMILES string of the molecule is O=C(Nc1ccccc1)C(C(=O)C(F)(F)F)[N+](=O)[O-]. The number of hydrogen-bond donors (Lipinski definition) is 1. The van der Waals surface area contributed by atoms with Crippen LogP contribution in [0.4, 0.5) is 18.9 Å². The zero-order valence-electron chi connectivity index (χ0n) is 9.18. The van der Waals surface area contributed by atoms with E-state index in [1.807, 2.05) is 5.32 Å². The van der Waals surface area contributed by atoms with Crippen molar-refractivity contribution in [3.8, 4) is 0 Å². The molecule has 102 valence electrons. The summed E-state index contributed by atoms with van der Waals surface area (Å²) < 4.78 is 36.4. The average molecular weight is 276 g/mol. The lowest BCUT2D eigenvalue weighted by Crippen LogP contribution is -2.47. The highest BCUT2D eigenvalue weighted by atomic mass is 19.4. The normalized spacial score (nSPS) is 12.6. The second kappa shape index (κ2) is 5.46. The minimum Gasteiger partial charge on any atom is -0.320 e. The van der Waals surface area contributed by atoms with Gasteiger partial charge in [0, 0.05) is 10.6 Å². The van der Waals surface area contributed by atoms with Crippen LogP contribution in [0.2, 0.25) is 0 Å². The number of para-hydroxylation sites is 1. The fraction of sp³-hybridized carbons (Fsp3) is 0.200. The van der Waals surface area contributed by atoms with E-state index in [0.29, 0.717) is 0 Å². The minimum absolute atomic E-state index is 0.0503. The summed E-state index contributed by atoms with van der Waals surface area (Å²) in [7, 11) is 0. The summed E-state index contributed by atoms with van der Waals surface area (Å²) in [5.41, 5.74) is 0.0503. The van der Waals surface area contributed by atoms with E-state index in [1.165, 1.54) is 24.3 Å². The molecule has 0 fully saturated rings. The standard InChI is InChI=1S/C10H7F3N2O4/c11-10(12,13)8(16)7(15(18)19)9(17)14-6-4-2-1-3-5-6/h1-5,7H,(H,14,17). The first-order chi connectivity index (χ1) is 8.73. The van der Waals surface area contributed by atoms with Gasteiger partial charge in [-0.15, -0.1) is 0 Å². The molecule has 0 heterocycles. The van der Waals surface area contributed by atoms with E-state index < -0.39 is 28.8 Å². The van der Waals surface area contributed by atoms with Crippen molar-refractivity contribution in [1.82, 2.24) is 0 Å². The maximum absolute atomic E-state index is 12.1. The maximum Gasteiger partial charge on any atom is 0.457 e. The average Bonchev–Trinajstić information content (AvgIpc) is 2.28. The molecular formula is C10H7F3N2O4. The third-order valence-corrected chi connectivity index (χ3v) is 2.03. The van der Waals surface area contributed by atoms with Crippen molar-refractivity contribution in [3.63, 3.8) is 0 Å². The number of anilines is 1. The molecule has 0 bridgehead atoms. The molecule has 1 rings (SSSR count). The zero-order chi connectivity index (χ0) is 14.6. The molecule has 1 N–H and O–H groups in total. The van der Waals surface area contributed by atoms with Crippen LogP contribution in [0.25, 0.3) is 0 Å². The van der Waals surface area contributed by atoms with E-state index in [0.717, 1.165) is 0 Å². The lowest BCUT2D eigenvalue weighted by Gasteiger charge is -2.11. The number of alkyl halides is 3. The van der Waals surface area contributed by atoms with Crippen molar-refractivity contribution < 1.29 is 27.7 Å². The van der Waals surface area contributed by atoms with Crippen LogP contribution in [0.15, 0.2) is 30.3 Å². The first-order valence-electron chi connectivity index (χ1n) is 4.84. The molecule has 9 heteroatoms. The monoisotopic (exact) mass is 276 g/mol. The number of halogens is 3. The first-order valence-corrected chi connectivity index (χ1v) is 4.84. The lowest BCUT2D eigenvalue weighted by molar-refractivity contribution is -0.495. The van der Waals surface area contributed by atoms with Crippen LogP contribution < -0.4 is 5.32 Å². The first kappa shape index (κ1) is 14.6. The molecule has 6 nitrogen and oxygen atoms in total. The molecule has 1 unspecified atom stereocenters. The Morgan fingerprint density at radius 1 is 1.21 bits per heavy atom. The smallest absolute Gasteiger partial charge is 0.320 e. The lowest BCUT2D eigenvalue weighted by atomic mass is 10.1. The van der Waals surface area contributed by atoms with Gasteiger partial charge in [-0.2, -0.15) is 13.2 Å². The van der Waals surface area contributed by atoms with Gasteiger partial charge in [-0.3, -0.25) is 19.7 Å². The van der Waals surface area contributed by atoms with Crippen molar-refractivity contribution in [2.45, 2.75) is 12.2 Å². The van der Waals surface area contributed by atoms with E-state index in [4.69, 9.17) is 0 Å². The van der Waals surface area contributed by atoms with Crippen LogP contribution >= 0.6 is 0 Å². The summed E-state index contributed by atoms with van der Waals surface area (Å²) in [4.78, 5) is 31.0. The number of nitrogens with zero attached hydrogens (tertiary/aromatic N) is 1. The number of hydrogen-bond acceptors (Lipinski definition) is 4. The van der Waals surface area contributed by atoms with Crippen LogP contribution in [0.5, 0.6) is 0 Å². The number of nitrogens with one attached hydrogen (secondary N) is 1. The Kier molecular flexibility index (Phi) is 4.20. The van der Waals surface area contributed by atoms with E-state index in [2.05, 4.69) is 0 Å². The highest BCUT2D eigenvalue weighted by molar-refractivity contribution is 6.11. The molecule has 1 aromatic rings. The molecule has 0 saturated heterocycles. The Labute approximate surface area is 104 Å². The highest BCUT2D eigenvalue weighted by Crippen LogP contribution is 2.20. The fourth-order valence-corrected chi connectivity index (χ4v) is 1.20. The second-order valence-corrected chi connectivity index (χ2v) is 3.41. The molecule has 0 radical (unpaired) electrons. The number of carbonyl (C=O) groups is 2. The molecular weight excluding hydrogens is 269 g/mol. The number of rotatable bonds is 4. The zero-order valence-corrected chi connectivity index (χ0v) is 9.18. The molecule has 0 aliphatic carbocycles. The Balaban J connectivity index is 2.92. The van der Waals surface area contributed by atoms with Crippen molar-refractivity contribution >= 4 is 17.4 Å². The third-order valence-electron chi connectivity index (χ3n) is 2.03. The van der Waals surface area contributed by atoms with Gasteiger partial charge >= 0.3 is 23.9 Å². The van der Waals surface area contributed by atoms with Gasteiger partial charge in [-0.05, 0) is 12.1 Å². The molecule has 19 heavy (non-hydrogen) atoms. The molecule has 1 atom stereocenters. The Bertz CT molecular complexity index is 501. The predicted molar refractivity (Wildman–Crippen MR) is 56.9 cm³/mol. The third kappa shape index (κ3) is 3.76. The van der Waals surface area contributed by atoms with E-state index >= 15 is 0 Å². The van der Waals surface area contributed by atoms with Crippen molar-refractivity contribution in [3.05, 3.63) is 40.4 Å². The summed E-state index contributed by atoms with van der Waals surface area (Å²) in [6.45, 7) is 0. The molecule has 0 aromatic heterocycles. The van der Waals surface area contributed by atoms with E-state index in [-0.39, 0.29) is 5.69 Å². The second-order valence-electron chi connectivity index (χ2n) is 3.41. The van der Waals surface area contributed by atoms with Gasteiger partial charge in [-0.1, -0.05) is 18.2 Å². The van der Waals surface area contributed by atoms with Crippen molar-refractivity contribution in [2.24, 2.45) is 0 Å². The van der Waals surface area contributed by atoms with Crippen LogP contribution in [0.1, 0.15) is 0 Å². The van der Waals surface area contributed by atoms with Gasteiger partial charge in [0.05, 0.1) is 0 Å². The number of nitro groups is 1. The highest BCUT2D eigenvalue weighted by Gasteiger charge is 2.53. The number of carbonyl (C=O) groups excluding carboxylic acids is 2. The number of amides is 1. The van der Waals surface area contributed by atoms with Crippen molar-refractivity contribution in [2.75, 3.05) is 5.32 Å². The minimum atomic E-state index is -5.45. The number of Topliss-reactive ketones (excluding diaryl/α,β-unsaturated/α-hetero) is 1. The van der Waals surface area contributed by atoms with E-state index in [9.17, 15) is 32.9 Å². The van der Waals surface area contributed by atoms with Crippen LogP contribution in [0.3, 0.4) is 0 Å². The Morgan fingerprint density at radius 3 is 2.16 bits per heavy atom. The van der Waals surface area contributed by atoms with Gasteiger partial charge in [0.1, 0.15) is 0 Å². The molecule has 0 aliphatic heterocycles. The van der Waals surface area contributed by atoms with Gasteiger partial charge in [-0.25, -0.2) is 0 Å². The van der Waals surface area contributed by atoms with Gasteiger partial charge in [0.15, 0.2) is 0 Å². The maximum atomic E-state index is 12.1. The van der Waals surface area contributed by atoms with Crippen LogP contribution in [0, 0.1) is 10.1 Å². The van der Waals surface area contributed by atoms with Crippen molar-refractivity contribution in [1.29, 1.82) is 0 Å². The topological polar surface area (TPSA) is 89.3 Å². The number of ketones is 1. The number of benzene rings is 1. The summed E-state index contributed by atoms with van der Waals surface area (Å²) in [5, 5.41) is 12.3. The molecule has 1 aromatic carbocycles. The van der Waals surface area contributed by atoms with Gasteiger partial charge in [0.25, 0.3) is 0 Å². The van der Waals surface area contributed by atoms with Gasteiger partial charge in [0.2, 0.25) is 0 Å². The van der Waals surface area contributed by atoms with Crippen LogP contribution in [-0.2, 0) is 9.59 Å². The molecule has 0 aliphatic rings. The Hall–Kier alpha value is -2.45. The predicted octanol–water partition coefficient (Wildman–Crippen LogP) is 1.40. The molecule has 0 spiro atoms. The summed E-state index contributed by atoms with van der Waals surface area (Å²) >= 11 is 0. The summed E-state index contributed by atoms with van der Waals surface area (Å²) in [5.74, 6) is -4.36. The molecule has 0 saturated carbocycles. The summed E-state index contributed by atoms with van der Waals surface area (Å²) in [6.07, 6.45) is -5.45.